The first-order valence-electron chi connectivity index (χ1n) is 18.1. The zero-order chi connectivity index (χ0) is 36.8. The van der Waals surface area contributed by atoms with Gasteiger partial charge in [0.15, 0.2) is 11.0 Å². The van der Waals surface area contributed by atoms with Crippen LogP contribution in [0.3, 0.4) is 0 Å². The maximum absolute atomic E-state index is 14.0. The lowest BCUT2D eigenvalue weighted by Crippen LogP contribution is -3.05. The minimum atomic E-state index is -1.06. The Bertz CT molecular complexity index is 2380. The Morgan fingerprint density at radius 3 is 2.72 bits per heavy atom. The van der Waals surface area contributed by atoms with Crippen LogP contribution in [0.5, 0.6) is 11.5 Å². The summed E-state index contributed by atoms with van der Waals surface area (Å²) in [6, 6.07) is 10.7. The summed E-state index contributed by atoms with van der Waals surface area (Å²) in [4.78, 5) is 41.7. The van der Waals surface area contributed by atoms with Gasteiger partial charge in [0.1, 0.15) is 76.6 Å². The molecule has 0 radical (unpaired) electrons. The van der Waals surface area contributed by atoms with E-state index in [9.17, 15) is 14.7 Å². The molecule has 53 heavy (non-hydrogen) atoms. The Morgan fingerprint density at radius 2 is 1.89 bits per heavy atom. The van der Waals surface area contributed by atoms with Crippen molar-refractivity contribution in [3.05, 3.63) is 93.3 Å². The van der Waals surface area contributed by atoms with Gasteiger partial charge < -0.3 is 35.2 Å². The normalized spacial score (nSPS) is 26.5. The first kappa shape index (κ1) is 33.3. The van der Waals surface area contributed by atoms with E-state index in [0.29, 0.717) is 73.1 Å². The van der Waals surface area contributed by atoms with Gasteiger partial charge in [-0.2, -0.15) is 0 Å². The van der Waals surface area contributed by atoms with Crippen molar-refractivity contribution in [2.24, 2.45) is 4.99 Å². The topological polar surface area (TPSA) is 193 Å². The number of nitrogens with one attached hydrogen (secondary N) is 1. The molecule has 9 rings (SSSR count). The highest BCUT2D eigenvalue weighted by atomic mass is 16.7. The maximum atomic E-state index is 14.0. The molecule has 13 heteroatoms. The van der Waals surface area contributed by atoms with E-state index in [4.69, 9.17) is 30.1 Å². The summed E-state index contributed by atoms with van der Waals surface area (Å²) in [5, 5.41) is 11.5. The molecule has 5 unspecified atom stereocenters. The molecule has 1 spiro atoms. The summed E-state index contributed by atoms with van der Waals surface area (Å²) in [5.74, 6) is 0.625. The van der Waals surface area contributed by atoms with Crippen molar-refractivity contribution in [1.82, 2.24) is 9.97 Å². The number of phenols is 1. The van der Waals surface area contributed by atoms with Crippen molar-refractivity contribution in [1.29, 1.82) is 0 Å². The Hall–Kier alpha value is -5.53. The number of carbonyl (C=O) groups is 1. The van der Waals surface area contributed by atoms with E-state index in [1.807, 2.05) is 44.3 Å². The lowest BCUT2D eigenvalue weighted by atomic mass is 9.76. The number of aromatic hydroxyl groups is 1. The number of benzene rings is 1. The second kappa shape index (κ2) is 12.0. The number of nitrogens with zero attached hydrogens (tertiary/aromatic N) is 3. The number of allylic oxidation sites excluding steroid dienone is 1. The van der Waals surface area contributed by atoms with Gasteiger partial charge in [-0.15, -0.1) is 0 Å². The van der Waals surface area contributed by atoms with E-state index in [2.05, 4.69) is 21.2 Å². The summed E-state index contributed by atoms with van der Waals surface area (Å²) < 4.78 is 24.6. The molecule has 13 nitrogen and oxygen atoms in total. The van der Waals surface area contributed by atoms with E-state index in [-0.39, 0.29) is 28.3 Å². The number of quaternary nitrogens is 1. The first-order chi connectivity index (χ1) is 25.4. The average molecular weight is 718 g/mol. The minimum Gasteiger partial charge on any atom is -0.507 e. The Balaban J connectivity index is 0.910. The molecule has 0 amide bonds. The zero-order valence-electron chi connectivity index (χ0n) is 29.8. The Labute approximate surface area is 305 Å². The quantitative estimate of drug-likeness (QED) is 0.168. The van der Waals surface area contributed by atoms with Crippen LogP contribution in [0.2, 0.25) is 0 Å². The van der Waals surface area contributed by atoms with Gasteiger partial charge in [0.25, 0.3) is 0 Å². The van der Waals surface area contributed by atoms with Crippen LogP contribution in [0.15, 0.2) is 74.7 Å². The lowest BCUT2D eigenvalue weighted by molar-refractivity contribution is -0.848. The predicted molar refractivity (Wildman–Crippen MR) is 196 cm³/mol. The second-order valence-electron chi connectivity index (χ2n) is 15.4. The predicted octanol–water partition coefficient (Wildman–Crippen LogP) is 3.80. The highest BCUT2D eigenvalue weighted by Gasteiger charge is 2.65. The fourth-order valence-corrected chi connectivity index (χ4v) is 8.71. The summed E-state index contributed by atoms with van der Waals surface area (Å²) in [5.41, 5.74) is 16.5. The fraction of sp³-hybridized carbons (Fsp3) is 0.375. The number of fused-ring (bicyclic) bond motifs is 5. The second-order valence-corrected chi connectivity index (χ2v) is 15.4. The Morgan fingerprint density at radius 1 is 1.06 bits per heavy atom. The fourth-order valence-electron chi connectivity index (χ4n) is 8.71. The summed E-state index contributed by atoms with van der Waals surface area (Å²) >= 11 is 0. The van der Waals surface area contributed by atoms with E-state index in [0.717, 1.165) is 34.7 Å². The molecule has 4 aromatic rings. The van der Waals surface area contributed by atoms with Crippen LogP contribution in [-0.2, 0) is 27.2 Å². The number of epoxide rings is 1. The number of aromatic nitrogens is 2. The van der Waals surface area contributed by atoms with Gasteiger partial charge in [0.05, 0.1) is 23.1 Å². The molecule has 1 aromatic carbocycles. The average Bonchev–Trinajstić information content (AvgIpc) is 3.40. The van der Waals surface area contributed by atoms with Crippen molar-refractivity contribution >= 4 is 34.3 Å². The third-order valence-corrected chi connectivity index (χ3v) is 11.1. The minimum absolute atomic E-state index is 0.0936. The number of anilines is 2. The number of hydrogen-bond acceptors (Lipinski definition) is 12. The Kier molecular flexibility index (Phi) is 7.54. The number of aliphatic imine (C=N–C) groups is 1. The molecule has 3 aromatic heterocycles. The molecule has 2 fully saturated rings. The number of carbonyl (C=O) groups excluding carboxylic acids is 1. The molecule has 8 heterocycles. The number of esters is 1. The molecule has 6 N–H and O–H groups in total. The number of ether oxygens (including phenoxy) is 3. The van der Waals surface area contributed by atoms with E-state index < -0.39 is 29.2 Å². The van der Waals surface area contributed by atoms with Gasteiger partial charge in [-0.1, -0.05) is 0 Å². The number of nitrogens with two attached hydrogens (primary N) is 2. The molecule has 0 saturated carbocycles. The van der Waals surface area contributed by atoms with Gasteiger partial charge in [-0.3, -0.25) is 14.7 Å². The van der Waals surface area contributed by atoms with Crippen LogP contribution in [-0.4, -0.2) is 56.7 Å². The highest BCUT2D eigenvalue weighted by molar-refractivity contribution is 6.06. The van der Waals surface area contributed by atoms with Gasteiger partial charge in [-0.05, 0) is 88.8 Å². The van der Waals surface area contributed by atoms with Gasteiger partial charge in [-0.25, -0.2) is 14.8 Å². The summed E-state index contributed by atoms with van der Waals surface area (Å²) in [6.45, 7) is 6.87. The van der Waals surface area contributed by atoms with Crippen LogP contribution in [0, 0.1) is 6.92 Å². The summed E-state index contributed by atoms with van der Waals surface area (Å²) in [6.07, 6.45) is 7.83. The van der Waals surface area contributed by atoms with E-state index in [1.54, 1.807) is 19.1 Å². The van der Waals surface area contributed by atoms with Gasteiger partial charge in [0.2, 0.25) is 0 Å². The van der Waals surface area contributed by atoms with Crippen molar-refractivity contribution in [3.63, 3.8) is 0 Å². The smallest absolute Gasteiger partial charge is 0.341 e. The summed E-state index contributed by atoms with van der Waals surface area (Å²) in [7, 11) is 0. The van der Waals surface area contributed by atoms with Crippen LogP contribution in [0.1, 0.15) is 68.0 Å². The molecule has 5 aliphatic heterocycles. The molecule has 0 bridgehead atoms. The standard InChI is InChI=1S/C40H40N6O7/c1-20-11-28(47)35-29(50-20)16-30-34(36(35)48)25-5-4-9-40(38(49)51-37(25)39(2,3)52-30)31(53-40)7-6-21-12-26(45-32(41)13-21)23-14-24(44-33(42)15-23)18-46-17-22-8-10-43-27(22)19-46/h8,10-17,25,31,37,48H,4-7,9,18-19H2,1-3H3,(H2,41,45)(H2,42,44)/p+1. The molecule has 272 valence electrons. The largest absolute Gasteiger partial charge is 0.507 e. The molecule has 0 aliphatic carbocycles. The number of hydrogen-bond donors (Lipinski definition) is 4. The lowest BCUT2D eigenvalue weighted by Gasteiger charge is -2.45. The third-order valence-electron chi connectivity index (χ3n) is 11.1. The molecule has 2 saturated heterocycles. The maximum Gasteiger partial charge on any atom is 0.341 e. The number of rotatable bonds is 6. The number of nitrogen functional groups attached to an aromatic ring is 2. The monoisotopic (exact) mass is 717 g/mol. The number of pyridine rings is 2. The molecule has 5 aliphatic rings. The van der Waals surface area contributed by atoms with Crippen LogP contribution < -0.4 is 26.5 Å². The molecular weight excluding hydrogens is 676 g/mol. The SMILES string of the molecule is Cc1cc(=O)c2c(O)c3c(cc2o1)OC(C)(C)C1OC(=O)C2(CCCC31)OC2CCc1cc(N)nc(-c2cc(N)nc(C[NH+]3C=C4C=CN=C4C3)c2)c1. The van der Waals surface area contributed by atoms with E-state index in [1.165, 1.54) is 11.0 Å². The zero-order valence-corrected chi connectivity index (χ0v) is 29.8. The van der Waals surface area contributed by atoms with E-state index >= 15 is 0 Å². The molecule has 5 atom stereocenters. The number of phenolic OH excluding ortho intramolecular Hbond substituents is 1. The van der Waals surface area contributed by atoms with Gasteiger partial charge >= 0.3 is 5.97 Å². The van der Waals surface area contributed by atoms with Crippen molar-refractivity contribution in [2.75, 3.05) is 18.0 Å². The van der Waals surface area contributed by atoms with Gasteiger partial charge in [0, 0.05) is 35.4 Å². The highest BCUT2D eigenvalue weighted by Crippen LogP contribution is 2.54. The number of aryl methyl sites for hydroxylation is 2. The van der Waals surface area contributed by atoms with Crippen LogP contribution in [0.4, 0.5) is 11.6 Å². The van der Waals surface area contributed by atoms with Crippen LogP contribution in [0.25, 0.3) is 22.2 Å². The van der Waals surface area contributed by atoms with Crippen molar-refractivity contribution in [3.8, 4) is 22.8 Å². The first-order valence-corrected chi connectivity index (χ1v) is 18.1. The molecular formula is C40H41N6O7+. The van der Waals surface area contributed by atoms with Crippen LogP contribution >= 0.6 is 0 Å². The third kappa shape index (κ3) is 5.75. The van der Waals surface area contributed by atoms with Crippen molar-refractivity contribution < 1.29 is 33.4 Å². The van der Waals surface area contributed by atoms with Crippen molar-refractivity contribution in [2.45, 2.75) is 88.7 Å².